The van der Waals surface area contributed by atoms with Gasteiger partial charge in [-0.3, -0.25) is 14.4 Å². The van der Waals surface area contributed by atoms with Crippen LogP contribution in [0.2, 0.25) is 0 Å². The van der Waals surface area contributed by atoms with Crippen LogP contribution in [-0.2, 0) is 16.6 Å². The molecule has 0 aliphatic carbocycles. The molecule has 1 aromatic rings. The molecule has 1 amide bonds. The Balaban J connectivity index is 1.72. The Morgan fingerprint density at radius 2 is 2.36 bits per heavy atom. The van der Waals surface area contributed by atoms with E-state index < -0.39 is 6.10 Å². The van der Waals surface area contributed by atoms with Crippen molar-refractivity contribution in [1.82, 2.24) is 20.0 Å². The summed E-state index contributed by atoms with van der Waals surface area (Å²) < 4.78 is 12.5. The molecule has 1 aliphatic rings. The maximum Gasteiger partial charge on any atom is 0.234 e. The van der Waals surface area contributed by atoms with Gasteiger partial charge in [-0.2, -0.15) is 5.10 Å². The number of aromatic nitrogens is 2. The second kappa shape index (κ2) is 8.11. The van der Waals surface area contributed by atoms with E-state index >= 15 is 0 Å². The molecule has 2 rings (SSSR count). The van der Waals surface area contributed by atoms with E-state index in [0.717, 1.165) is 0 Å². The first-order chi connectivity index (χ1) is 10.6. The highest BCUT2D eigenvalue weighted by Crippen LogP contribution is 2.17. The summed E-state index contributed by atoms with van der Waals surface area (Å²) >= 11 is 0. The van der Waals surface area contributed by atoms with Crippen molar-refractivity contribution >= 4 is 5.91 Å². The van der Waals surface area contributed by atoms with Crippen LogP contribution in [0.4, 0.5) is 0 Å². The summed E-state index contributed by atoms with van der Waals surface area (Å²) in [6.45, 7) is 4.74. The summed E-state index contributed by atoms with van der Waals surface area (Å²) in [4.78, 5) is 13.7. The van der Waals surface area contributed by atoms with Gasteiger partial charge < -0.3 is 19.9 Å². The third-order valence-corrected chi connectivity index (χ3v) is 3.42. The lowest BCUT2D eigenvalue weighted by atomic mass is 10.3. The van der Waals surface area contributed by atoms with Crippen molar-refractivity contribution < 1.29 is 19.4 Å². The number of nitrogens with one attached hydrogen (secondary N) is 1. The smallest absolute Gasteiger partial charge is 0.234 e. The van der Waals surface area contributed by atoms with Crippen LogP contribution in [0.25, 0.3) is 0 Å². The molecule has 8 heteroatoms. The molecule has 1 fully saturated rings. The van der Waals surface area contributed by atoms with Crippen LogP contribution in [-0.4, -0.2) is 77.3 Å². The molecule has 1 aliphatic heterocycles. The van der Waals surface area contributed by atoms with Gasteiger partial charge in [0.1, 0.15) is 12.2 Å². The van der Waals surface area contributed by atoms with E-state index in [1.54, 1.807) is 24.1 Å². The van der Waals surface area contributed by atoms with E-state index in [9.17, 15) is 9.90 Å². The number of aryl methyl sites for hydroxylation is 1. The minimum Gasteiger partial charge on any atom is -0.483 e. The zero-order chi connectivity index (χ0) is 15.9. The van der Waals surface area contributed by atoms with Gasteiger partial charge in [0.25, 0.3) is 0 Å². The summed E-state index contributed by atoms with van der Waals surface area (Å²) in [5.74, 6) is 0.545. The highest BCUT2D eigenvalue weighted by molar-refractivity contribution is 5.78. The monoisotopic (exact) mass is 312 g/mol. The van der Waals surface area contributed by atoms with Crippen molar-refractivity contribution in [2.24, 2.45) is 7.05 Å². The van der Waals surface area contributed by atoms with Crippen LogP contribution < -0.4 is 10.1 Å². The fourth-order valence-corrected chi connectivity index (χ4v) is 2.38. The molecule has 0 aromatic carbocycles. The predicted molar refractivity (Wildman–Crippen MR) is 79.6 cm³/mol. The summed E-state index contributed by atoms with van der Waals surface area (Å²) in [5.41, 5.74) is 0. The summed E-state index contributed by atoms with van der Waals surface area (Å²) in [6.07, 6.45) is 2.39. The third-order valence-electron chi connectivity index (χ3n) is 3.42. The third kappa shape index (κ3) is 4.97. The Morgan fingerprint density at radius 3 is 3.05 bits per heavy atom. The van der Waals surface area contributed by atoms with Crippen LogP contribution >= 0.6 is 0 Å². The number of ether oxygens (including phenoxy) is 2. The molecule has 0 spiro atoms. The number of hydrogen-bond donors (Lipinski definition) is 2. The lowest BCUT2D eigenvalue weighted by Gasteiger charge is -2.15. The van der Waals surface area contributed by atoms with E-state index in [1.807, 2.05) is 11.8 Å². The minimum atomic E-state index is -0.614. The quantitative estimate of drug-likeness (QED) is 0.598. The SMILES string of the molecule is CCOCCNC(=O)CN1C[C@@H](O)[C@H](Oc2cnn(C)c2)C1. The fourth-order valence-electron chi connectivity index (χ4n) is 2.38. The number of hydrogen-bond acceptors (Lipinski definition) is 6. The first-order valence-electron chi connectivity index (χ1n) is 7.48. The van der Waals surface area contributed by atoms with Gasteiger partial charge in [-0.15, -0.1) is 0 Å². The van der Waals surface area contributed by atoms with E-state index in [4.69, 9.17) is 9.47 Å². The highest BCUT2D eigenvalue weighted by Gasteiger charge is 2.34. The number of nitrogens with zero attached hydrogens (tertiary/aromatic N) is 3. The number of aliphatic hydroxyl groups excluding tert-OH is 1. The first-order valence-corrected chi connectivity index (χ1v) is 7.48. The van der Waals surface area contributed by atoms with Gasteiger partial charge >= 0.3 is 0 Å². The van der Waals surface area contributed by atoms with Crippen LogP contribution in [0, 0.1) is 0 Å². The van der Waals surface area contributed by atoms with E-state index in [2.05, 4.69) is 10.4 Å². The molecule has 2 N–H and O–H groups in total. The standard InChI is InChI=1S/C14H24N4O4/c1-3-21-5-4-15-14(20)10-18-8-12(19)13(9-18)22-11-6-16-17(2)7-11/h6-7,12-13,19H,3-5,8-10H2,1-2H3,(H,15,20)/t12-,13-/m1/s1. The van der Waals surface area contributed by atoms with Gasteiger partial charge in [-0.05, 0) is 6.92 Å². The lowest BCUT2D eigenvalue weighted by molar-refractivity contribution is -0.122. The Labute approximate surface area is 130 Å². The van der Waals surface area contributed by atoms with Crippen molar-refractivity contribution in [3.8, 4) is 5.75 Å². The molecular weight excluding hydrogens is 288 g/mol. The van der Waals surface area contributed by atoms with Gasteiger partial charge in [0.2, 0.25) is 5.91 Å². The maximum absolute atomic E-state index is 11.8. The molecule has 0 unspecified atom stereocenters. The second-order valence-corrected chi connectivity index (χ2v) is 5.31. The van der Waals surface area contributed by atoms with Gasteiger partial charge in [-0.1, -0.05) is 0 Å². The van der Waals surface area contributed by atoms with Crippen molar-refractivity contribution in [1.29, 1.82) is 0 Å². The molecule has 2 atom stereocenters. The van der Waals surface area contributed by atoms with Gasteiger partial charge in [0.05, 0.1) is 25.5 Å². The minimum absolute atomic E-state index is 0.0751. The topological polar surface area (TPSA) is 88.8 Å². The van der Waals surface area contributed by atoms with Crippen molar-refractivity contribution in [2.75, 3.05) is 39.4 Å². The molecule has 22 heavy (non-hydrogen) atoms. The second-order valence-electron chi connectivity index (χ2n) is 5.31. The number of likely N-dealkylation sites (tertiary alicyclic amines) is 1. The average molecular weight is 312 g/mol. The Kier molecular flexibility index (Phi) is 6.17. The first kappa shape index (κ1) is 16.7. The molecule has 0 bridgehead atoms. The zero-order valence-electron chi connectivity index (χ0n) is 13.1. The summed E-state index contributed by atoms with van der Waals surface area (Å²) in [5, 5.41) is 16.8. The number of β-amino-alcohol motifs (C(OH)–C–C–N with tert-alkyl or cyclic N) is 1. The normalized spacial score (nSPS) is 22.0. The number of aliphatic hydroxyl groups is 1. The number of carbonyl (C=O) groups excluding carboxylic acids is 1. The maximum atomic E-state index is 11.8. The van der Waals surface area contributed by atoms with Crippen LogP contribution in [0.5, 0.6) is 5.75 Å². The predicted octanol–water partition coefficient (Wildman–Crippen LogP) is -1.00. The Hall–Kier alpha value is -1.64. The van der Waals surface area contributed by atoms with Crippen molar-refractivity contribution in [3.63, 3.8) is 0 Å². The lowest BCUT2D eigenvalue weighted by Crippen LogP contribution is -2.38. The van der Waals surface area contributed by atoms with Crippen molar-refractivity contribution in [2.45, 2.75) is 19.1 Å². The fraction of sp³-hybridized carbons (Fsp3) is 0.714. The van der Waals surface area contributed by atoms with Crippen LogP contribution in [0.3, 0.4) is 0 Å². The van der Waals surface area contributed by atoms with E-state index in [1.165, 1.54) is 0 Å². The van der Waals surface area contributed by atoms with E-state index in [0.29, 0.717) is 38.6 Å². The zero-order valence-corrected chi connectivity index (χ0v) is 13.1. The van der Waals surface area contributed by atoms with E-state index in [-0.39, 0.29) is 18.6 Å². The highest BCUT2D eigenvalue weighted by atomic mass is 16.5. The summed E-state index contributed by atoms with van der Waals surface area (Å²) in [7, 11) is 1.80. The molecule has 0 radical (unpaired) electrons. The van der Waals surface area contributed by atoms with Crippen LogP contribution in [0.15, 0.2) is 12.4 Å². The van der Waals surface area contributed by atoms with Gasteiger partial charge in [0, 0.05) is 33.3 Å². The molecule has 8 nitrogen and oxygen atoms in total. The largest absolute Gasteiger partial charge is 0.483 e. The number of amides is 1. The molecule has 2 heterocycles. The molecule has 124 valence electrons. The molecule has 0 saturated carbocycles. The van der Waals surface area contributed by atoms with Gasteiger partial charge in [-0.25, -0.2) is 0 Å². The molecule has 1 saturated heterocycles. The average Bonchev–Trinajstić information content (AvgIpc) is 3.02. The van der Waals surface area contributed by atoms with Gasteiger partial charge in [0.15, 0.2) is 5.75 Å². The van der Waals surface area contributed by atoms with Crippen molar-refractivity contribution in [3.05, 3.63) is 12.4 Å². The molecule has 1 aromatic heterocycles. The number of carbonyl (C=O) groups is 1. The Morgan fingerprint density at radius 1 is 1.55 bits per heavy atom. The van der Waals surface area contributed by atoms with Crippen LogP contribution in [0.1, 0.15) is 6.92 Å². The Bertz CT molecular complexity index is 479. The molecular formula is C14H24N4O4. The number of rotatable bonds is 8. The summed E-state index contributed by atoms with van der Waals surface area (Å²) in [6, 6.07) is 0.